The molecule has 0 aliphatic rings. The van der Waals surface area contributed by atoms with Crippen LogP contribution < -0.4 is 9.80 Å². The van der Waals surface area contributed by atoms with Crippen molar-refractivity contribution in [3.8, 4) is 67.5 Å². The molecule has 2 heterocycles. The molecule has 0 fully saturated rings. The van der Waals surface area contributed by atoms with Crippen molar-refractivity contribution in [2.24, 2.45) is 0 Å². The summed E-state index contributed by atoms with van der Waals surface area (Å²) in [5.41, 5.74) is 22.0. The van der Waals surface area contributed by atoms with E-state index in [9.17, 15) is 0 Å². The second-order valence-electron chi connectivity index (χ2n) is 25.8. The van der Waals surface area contributed by atoms with Crippen molar-refractivity contribution in [2.75, 3.05) is 9.80 Å². The van der Waals surface area contributed by atoms with Crippen molar-refractivity contribution in [3.05, 3.63) is 400 Å². The predicted molar refractivity (Wildman–Crippen MR) is 429 cm³/mol. The molecule has 6 heteroatoms. The Hall–Kier alpha value is -13.7. The molecule has 0 spiro atoms. The fourth-order valence-electron chi connectivity index (χ4n) is 14.5. The average Bonchev–Trinajstić information content (AvgIpc) is 1.60. The van der Waals surface area contributed by atoms with Gasteiger partial charge in [-0.05, 0) is 204 Å². The Morgan fingerprint density at radius 1 is 0.196 bits per heavy atom. The topological polar surface area (TPSA) is 42.1 Å². The lowest BCUT2D eigenvalue weighted by Gasteiger charge is -2.26. The maximum atomic E-state index is 5.31. The van der Waals surface area contributed by atoms with Crippen LogP contribution in [-0.4, -0.2) is 19.1 Å². The second kappa shape index (κ2) is 26.6. The van der Waals surface area contributed by atoms with E-state index in [4.69, 9.17) is 9.97 Å². The smallest absolute Gasteiger partial charge is 0.145 e. The third kappa shape index (κ3) is 11.7. The first-order chi connectivity index (χ1) is 50.5. The lowest BCUT2D eigenvalue weighted by molar-refractivity contribution is 1.10. The average molecular weight is 1300 g/mol. The standard InChI is InChI=1S/C51H35N3.C45H31N3/c1-3-12-36(13-4-1)38-24-28-46(29-25-38)53(47-30-26-39(27-31-47)43-23-22-37-14-7-8-15-40(37)32-43)48-21-11-18-44(33-48)51-52-49-34-41-16-9-10-17-42(41)35-50(49)54(51)45-19-5-2-6-20-45;1-3-18-37(19-4-1)47(39-27-25-33(26-28-39)42-24-12-16-32-13-9-10-23-41(32)42)40-22-11-17-36(29-40)45-46-43-30-34-14-7-8-15-35(34)31-44(43)48(45)38-20-5-2-6-21-38/h1-35H;1-31H. The van der Waals surface area contributed by atoms with Crippen molar-refractivity contribution in [1.29, 1.82) is 0 Å². The third-order valence-electron chi connectivity index (χ3n) is 19.5. The van der Waals surface area contributed by atoms with Gasteiger partial charge in [-0.3, -0.25) is 9.13 Å². The molecule has 0 atom stereocenters. The Labute approximate surface area is 592 Å². The molecule has 0 unspecified atom stereocenters. The van der Waals surface area contributed by atoms with Gasteiger partial charge in [-0.25, -0.2) is 9.97 Å². The minimum absolute atomic E-state index is 0.902. The number of nitrogens with zero attached hydrogens (tertiary/aromatic N) is 6. The van der Waals surface area contributed by atoms with Crippen molar-refractivity contribution in [1.82, 2.24) is 19.1 Å². The van der Waals surface area contributed by atoms with Crippen LogP contribution in [0.1, 0.15) is 0 Å². The van der Waals surface area contributed by atoms with Gasteiger partial charge in [0.25, 0.3) is 0 Å². The predicted octanol–water partition coefficient (Wildman–Crippen LogP) is 25.9. The number of hydrogen-bond acceptors (Lipinski definition) is 4. The van der Waals surface area contributed by atoms with E-state index >= 15 is 0 Å². The summed E-state index contributed by atoms with van der Waals surface area (Å²) >= 11 is 0. The molecule has 19 aromatic rings. The van der Waals surface area contributed by atoms with Crippen LogP contribution >= 0.6 is 0 Å². The molecule has 0 saturated heterocycles. The number of hydrogen-bond donors (Lipinski definition) is 0. The molecule has 0 bridgehead atoms. The first-order valence-corrected chi connectivity index (χ1v) is 34.7. The molecule has 19 rings (SSSR count). The van der Waals surface area contributed by atoms with Crippen molar-refractivity contribution in [2.45, 2.75) is 0 Å². The lowest BCUT2D eigenvalue weighted by Crippen LogP contribution is -2.10. The van der Waals surface area contributed by atoms with Gasteiger partial charge >= 0.3 is 0 Å². The van der Waals surface area contributed by atoms with E-state index in [1.807, 2.05) is 0 Å². The molecule has 2 aromatic heterocycles. The Balaban J connectivity index is 0.000000147. The van der Waals surface area contributed by atoms with E-state index in [1.54, 1.807) is 0 Å². The second-order valence-corrected chi connectivity index (χ2v) is 25.8. The van der Waals surface area contributed by atoms with Crippen LogP contribution in [0.25, 0.3) is 133 Å². The number of para-hydroxylation sites is 3. The van der Waals surface area contributed by atoms with Gasteiger partial charge in [0.1, 0.15) is 11.6 Å². The zero-order valence-electron chi connectivity index (χ0n) is 55.8. The van der Waals surface area contributed by atoms with E-state index in [0.717, 1.165) is 90.3 Å². The summed E-state index contributed by atoms with van der Waals surface area (Å²) in [5.74, 6) is 1.81. The third-order valence-corrected chi connectivity index (χ3v) is 19.5. The van der Waals surface area contributed by atoms with Crippen LogP contribution in [0, 0.1) is 0 Å². The minimum atomic E-state index is 0.902. The summed E-state index contributed by atoms with van der Waals surface area (Å²) in [6, 6.07) is 143. The van der Waals surface area contributed by atoms with Crippen LogP contribution in [0.2, 0.25) is 0 Å². The van der Waals surface area contributed by atoms with E-state index in [2.05, 4.69) is 419 Å². The van der Waals surface area contributed by atoms with Gasteiger partial charge in [0.05, 0.1) is 22.1 Å². The molecule has 0 aliphatic carbocycles. The van der Waals surface area contributed by atoms with E-state index in [0.29, 0.717) is 0 Å². The number of rotatable bonds is 13. The van der Waals surface area contributed by atoms with Crippen LogP contribution in [0.4, 0.5) is 34.1 Å². The normalized spacial score (nSPS) is 11.3. The summed E-state index contributed by atoms with van der Waals surface area (Å²) in [5, 5.41) is 9.75. The Bertz CT molecular complexity index is 6220. The van der Waals surface area contributed by atoms with Gasteiger partial charge in [0.2, 0.25) is 0 Å². The number of fused-ring (bicyclic) bond motifs is 6. The largest absolute Gasteiger partial charge is 0.310 e. The monoisotopic (exact) mass is 1300 g/mol. The number of anilines is 6. The van der Waals surface area contributed by atoms with Crippen molar-refractivity contribution < 1.29 is 0 Å². The maximum Gasteiger partial charge on any atom is 0.145 e. The van der Waals surface area contributed by atoms with Crippen LogP contribution in [0.5, 0.6) is 0 Å². The fourth-order valence-corrected chi connectivity index (χ4v) is 14.5. The van der Waals surface area contributed by atoms with Gasteiger partial charge in [0.15, 0.2) is 0 Å². The zero-order chi connectivity index (χ0) is 67.7. The molecule has 0 saturated carbocycles. The highest BCUT2D eigenvalue weighted by Gasteiger charge is 2.22. The number of imidazole rings is 2. The summed E-state index contributed by atoms with van der Waals surface area (Å²) in [4.78, 5) is 15.2. The minimum Gasteiger partial charge on any atom is -0.310 e. The van der Waals surface area contributed by atoms with E-state index < -0.39 is 0 Å². The first kappa shape index (κ1) is 60.7. The highest BCUT2D eigenvalue weighted by molar-refractivity contribution is 6.01. The quantitative estimate of drug-likeness (QED) is 0.115. The van der Waals surface area contributed by atoms with E-state index in [-0.39, 0.29) is 0 Å². The van der Waals surface area contributed by atoms with Gasteiger partial charge in [0, 0.05) is 56.6 Å². The van der Waals surface area contributed by atoms with Crippen LogP contribution in [0.15, 0.2) is 400 Å². The number of aromatic nitrogens is 4. The van der Waals surface area contributed by atoms with Gasteiger partial charge in [-0.2, -0.15) is 0 Å². The highest BCUT2D eigenvalue weighted by Crippen LogP contribution is 2.43. The summed E-state index contributed by atoms with van der Waals surface area (Å²) in [6.45, 7) is 0. The highest BCUT2D eigenvalue weighted by atomic mass is 15.2. The molecule has 0 radical (unpaired) electrons. The molecule has 480 valence electrons. The summed E-state index contributed by atoms with van der Waals surface area (Å²) in [7, 11) is 0. The molecular weight excluding hydrogens is 1240 g/mol. The molecule has 6 nitrogen and oxygen atoms in total. The van der Waals surface area contributed by atoms with Crippen molar-refractivity contribution >= 4 is 99.3 Å². The molecule has 17 aromatic carbocycles. The first-order valence-electron chi connectivity index (χ1n) is 34.7. The molecule has 0 amide bonds. The molecular formula is C96H66N6. The lowest BCUT2D eigenvalue weighted by atomic mass is 9.98. The molecule has 102 heavy (non-hydrogen) atoms. The molecule has 0 aliphatic heterocycles. The zero-order valence-corrected chi connectivity index (χ0v) is 55.8. The van der Waals surface area contributed by atoms with Gasteiger partial charge < -0.3 is 9.80 Å². The summed E-state index contributed by atoms with van der Waals surface area (Å²) in [6.07, 6.45) is 0. The Morgan fingerprint density at radius 2 is 0.529 bits per heavy atom. The fraction of sp³-hybridized carbons (Fsp3) is 0. The van der Waals surface area contributed by atoms with E-state index in [1.165, 1.54) is 76.5 Å². The van der Waals surface area contributed by atoms with Crippen LogP contribution in [0.3, 0.4) is 0 Å². The van der Waals surface area contributed by atoms with Crippen LogP contribution in [-0.2, 0) is 0 Å². The number of benzene rings is 17. The SMILES string of the molecule is c1ccc(-c2ccc(N(c3ccc(-c4ccc5ccccc5c4)cc3)c3cccc(-c4nc5cc6ccccc6cc5n4-c4ccccc4)c3)cc2)cc1.c1ccc(N(c2ccc(-c3cccc4ccccc34)cc2)c2cccc(-c3nc4cc5ccccc5cc4n3-c3ccccc3)c2)cc1. The maximum absolute atomic E-state index is 5.31. The van der Waals surface area contributed by atoms with Gasteiger partial charge in [-0.1, -0.05) is 273 Å². The Morgan fingerprint density at radius 3 is 1.03 bits per heavy atom. The Kier molecular flexibility index (Phi) is 15.8. The van der Waals surface area contributed by atoms with Crippen molar-refractivity contribution in [3.63, 3.8) is 0 Å². The molecule has 0 N–H and O–H groups in total. The summed E-state index contributed by atoms with van der Waals surface area (Å²) < 4.78 is 4.57. The van der Waals surface area contributed by atoms with Gasteiger partial charge in [-0.15, -0.1) is 0 Å².